The maximum Gasteiger partial charge on any atom is 0.407 e. The third-order valence-electron chi connectivity index (χ3n) is 14.2. The summed E-state index contributed by atoms with van der Waals surface area (Å²) in [7, 11) is 0. The van der Waals surface area contributed by atoms with Crippen LogP contribution in [-0.4, -0.2) is 127 Å². The molecule has 1 aliphatic carbocycles. The SMILES string of the molecule is Cc1ncsc1-c1ccc(CNC(=O)C2C[C@@H](O)CN2C(=O)C(NC(=O)CCOCCOCCNC(=O)OCCCC2OC3OC4(C)CCC5C(C)CCC(C2C)C35OO4)C(C)(C)C)cc1. The largest absolute Gasteiger partial charge is 0.450 e. The molecule has 0 radical (unpaired) electrons. The Kier molecular flexibility index (Phi) is 16.5. The zero-order chi connectivity index (χ0) is 47.2. The van der Waals surface area contributed by atoms with Crippen molar-refractivity contribution in [1.29, 1.82) is 0 Å². The fraction of sp³-hybridized carbons (Fsp3) is 0.729. The molecular weight excluding hydrogens is 871 g/mol. The first-order valence-corrected chi connectivity index (χ1v) is 24.7. The van der Waals surface area contributed by atoms with Crippen LogP contribution >= 0.6 is 11.3 Å². The number of likely N-dealkylation sites (tertiary alicyclic amines) is 1. The highest BCUT2D eigenvalue weighted by atomic mass is 32.1. The Balaban J connectivity index is 0.745. The minimum Gasteiger partial charge on any atom is -0.450 e. The Labute approximate surface area is 392 Å². The zero-order valence-corrected chi connectivity index (χ0v) is 40.5. The highest BCUT2D eigenvalue weighted by Gasteiger charge is 2.69. The molecule has 1 saturated carbocycles. The number of nitrogens with zero attached hydrogens (tertiary/aromatic N) is 2. The van der Waals surface area contributed by atoms with E-state index in [0.717, 1.165) is 53.8 Å². The molecule has 5 saturated heterocycles. The van der Waals surface area contributed by atoms with Gasteiger partial charge in [0, 0.05) is 44.8 Å². The van der Waals surface area contributed by atoms with Crippen LogP contribution in [0.3, 0.4) is 0 Å². The number of nitrogens with one attached hydrogen (secondary N) is 3. The lowest BCUT2D eigenvalue weighted by molar-refractivity contribution is -0.571. The molecule has 6 fully saturated rings. The highest BCUT2D eigenvalue weighted by molar-refractivity contribution is 7.13. The fourth-order valence-corrected chi connectivity index (χ4v) is 11.3. The summed E-state index contributed by atoms with van der Waals surface area (Å²) < 4.78 is 29.7. The van der Waals surface area contributed by atoms with Crippen molar-refractivity contribution >= 4 is 35.2 Å². The number of ether oxygens (including phenoxy) is 5. The lowest BCUT2D eigenvalue weighted by Gasteiger charge is -2.60. The van der Waals surface area contributed by atoms with Crippen LogP contribution in [0.5, 0.6) is 0 Å². The van der Waals surface area contributed by atoms with Gasteiger partial charge in [-0.05, 0) is 80.2 Å². The van der Waals surface area contributed by atoms with Crippen LogP contribution in [0.15, 0.2) is 29.8 Å². The van der Waals surface area contributed by atoms with Crippen molar-refractivity contribution < 1.29 is 57.7 Å². The van der Waals surface area contributed by atoms with Gasteiger partial charge in [0.15, 0.2) is 11.9 Å². The van der Waals surface area contributed by atoms with Gasteiger partial charge in [-0.3, -0.25) is 14.4 Å². The van der Waals surface area contributed by atoms with E-state index in [1.807, 2.05) is 64.4 Å². The second-order valence-electron chi connectivity index (χ2n) is 20.1. The summed E-state index contributed by atoms with van der Waals surface area (Å²) in [6.07, 6.45) is 3.53. The summed E-state index contributed by atoms with van der Waals surface area (Å²) in [6.45, 7) is 15.5. The Hall–Kier alpha value is -3.75. The van der Waals surface area contributed by atoms with E-state index < -0.39 is 53.3 Å². The van der Waals surface area contributed by atoms with Crippen LogP contribution in [0.2, 0.25) is 0 Å². The standard InChI is InChI=1S/C48H71N5O12S/c1-29-10-15-36-30(2)38(62-44-48(36)35(29)16-18-47(7,63-44)64-65-48)9-8-20-61-45(58)49-19-22-60-24-23-59-21-17-39(55)52-41(46(4,5)6)43(57)53-27-34(54)25-37(53)42(56)50-26-32-11-13-33(14-12-32)40-31(3)51-28-66-40/h11-14,28-30,34-38,41,44,54H,8-10,15-27H2,1-7H3,(H,49,58)(H,50,56)(H,52,55)/t29?,30?,34-,35?,36?,37?,38?,41?,44?,47?,48?/m1/s1. The minimum absolute atomic E-state index is 0.00517. The number of hydrogen-bond acceptors (Lipinski definition) is 14. The number of benzene rings is 1. The number of alkyl carbamates (subject to hydrolysis) is 1. The summed E-state index contributed by atoms with van der Waals surface area (Å²) in [5, 5.41) is 19.0. The molecule has 11 atom stereocenters. The normalized spacial score (nSPS) is 30.8. The number of carbonyl (C=O) groups is 4. The van der Waals surface area contributed by atoms with E-state index in [0.29, 0.717) is 18.3 Å². The number of aromatic nitrogens is 1. The maximum absolute atomic E-state index is 14.0. The second kappa shape index (κ2) is 21.7. The predicted octanol–water partition coefficient (Wildman–Crippen LogP) is 5.41. The maximum atomic E-state index is 14.0. The van der Waals surface area contributed by atoms with Crippen LogP contribution < -0.4 is 16.0 Å². The van der Waals surface area contributed by atoms with Crippen molar-refractivity contribution in [2.45, 2.75) is 148 Å². The summed E-state index contributed by atoms with van der Waals surface area (Å²) in [4.78, 5) is 71.7. The number of aryl methyl sites for hydroxylation is 1. The molecule has 10 unspecified atom stereocenters. The topological polar surface area (TPSA) is 205 Å². The Morgan fingerprint density at radius 1 is 0.985 bits per heavy atom. The predicted molar refractivity (Wildman–Crippen MR) is 243 cm³/mol. The van der Waals surface area contributed by atoms with E-state index in [1.54, 1.807) is 11.3 Å². The zero-order valence-electron chi connectivity index (χ0n) is 39.6. The van der Waals surface area contributed by atoms with Crippen molar-refractivity contribution in [1.82, 2.24) is 25.8 Å². The molecule has 6 aliphatic rings. The first-order chi connectivity index (χ1) is 31.5. The Morgan fingerprint density at radius 3 is 2.47 bits per heavy atom. The van der Waals surface area contributed by atoms with E-state index in [9.17, 15) is 24.3 Å². The first-order valence-electron chi connectivity index (χ1n) is 23.8. The van der Waals surface area contributed by atoms with Crippen molar-refractivity contribution in [2.75, 3.05) is 46.1 Å². The van der Waals surface area contributed by atoms with Crippen LogP contribution in [0.25, 0.3) is 10.4 Å². The number of hydrogen-bond donors (Lipinski definition) is 4. The van der Waals surface area contributed by atoms with Crippen molar-refractivity contribution in [3.63, 3.8) is 0 Å². The minimum atomic E-state index is -0.941. The third-order valence-corrected chi connectivity index (χ3v) is 15.2. The number of aliphatic hydroxyl groups excluding tert-OH is 1. The molecule has 17 nitrogen and oxygen atoms in total. The first kappa shape index (κ1) is 50.1. The van der Waals surface area contributed by atoms with Gasteiger partial charge in [-0.15, -0.1) is 11.3 Å². The van der Waals surface area contributed by atoms with E-state index >= 15 is 0 Å². The Morgan fingerprint density at radius 2 is 1.74 bits per heavy atom. The second-order valence-corrected chi connectivity index (χ2v) is 20.9. The lowest BCUT2D eigenvalue weighted by atomic mass is 9.57. The summed E-state index contributed by atoms with van der Waals surface area (Å²) in [5.41, 5.74) is 3.45. The number of thiazole rings is 1. The van der Waals surface area contributed by atoms with Crippen LogP contribution in [0.1, 0.15) is 104 Å². The van der Waals surface area contributed by atoms with E-state index in [4.69, 9.17) is 33.5 Å². The van der Waals surface area contributed by atoms with Gasteiger partial charge in [0.2, 0.25) is 23.5 Å². The average molecular weight is 942 g/mol. The van der Waals surface area contributed by atoms with Crippen LogP contribution in [0, 0.1) is 36.0 Å². The highest BCUT2D eigenvalue weighted by Crippen LogP contribution is 2.60. The van der Waals surface area contributed by atoms with Crippen LogP contribution in [0.4, 0.5) is 4.79 Å². The molecule has 66 heavy (non-hydrogen) atoms. The molecule has 4 N–H and O–H groups in total. The van der Waals surface area contributed by atoms with E-state index in [2.05, 4.69) is 34.8 Å². The number of amides is 4. The molecule has 4 amide bonds. The Bertz CT molecular complexity index is 1980. The molecule has 1 spiro atoms. The number of aliphatic hydroxyl groups is 1. The molecule has 6 heterocycles. The van der Waals surface area contributed by atoms with Gasteiger partial charge in [0.1, 0.15) is 12.1 Å². The monoisotopic (exact) mass is 941 g/mol. The molecule has 2 bridgehead atoms. The summed E-state index contributed by atoms with van der Waals surface area (Å²) in [6, 6.07) is 6.05. The van der Waals surface area contributed by atoms with E-state index in [-0.39, 0.29) is 95.3 Å². The van der Waals surface area contributed by atoms with Gasteiger partial charge in [-0.1, -0.05) is 58.9 Å². The third kappa shape index (κ3) is 11.6. The molecule has 18 heteroatoms. The van der Waals surface area contributed by atoms with Crippen molar-refractivity contribution in [3.05, 3.63) is 41.0 Å². The van der Waals surface area contributed by atoms with Gasteiger partial charge in [-0.2, -0.15) is 0 Å². The number of β-amino-alcohol motifs (C(OH)–C–C–N with tert-alkyl or cyclic N) is 1. The average Bonchev–Trinajstić information content (AvgIpc) is 3.82. The number of fused-ring (bicyclic) bond motifs is 2. The summed E-state index contributed by atoms with van der Waals surface area (Å²) >= 11 is 1.57. The van der Waals surface area contributed by atoms with Gasteiger partial charge in [0.25, 0.3) is 0 Å². The fourth-order valence-electron chi connectivity index (χ4n) is 10.5. The number of rotatable bonds is 19. The molecule has 8 rings (SSSR count). The van der Waals surface area contributed by atoms with Gasteiger partial charge in [0.05, 0.1) is 61.3 Å². The quantitative estimate of drug-likeness (QED) is 0.103. The van der Waals surface area contributed by atoms with E-state index in [1.165, 1.54) is 4.90 Å². The van der Waals surface area contributed by atoms with Crippen molar-refractivity contribution in [2.24, 2.45) is 29.1 Å². The lowest BCUT2D eigenvalue weighted by Crippen LogP contribution is -2.70. The van der Waals surface area contributed by atoms with Gasteiger partial charge >= 0.3 is 6.09 Å². The smallest absolute Gasteiger partial charge is 0.407 e. The van der Waals surface area contributed by atoms with Gasteiger partial charge < -0.3 is 49.6 Å². The molecule has 5 aliphatic heterocycles. The molecule has 2 aromatic rings. The number of carbonyl (C=O) groups excluding carboxylic acids is 4. The van der Waals surface area contributed by atoms with Crippen LogP contribution in [-0.2, 0) is 54.4 Å². The molecule has 1 aromatic carbocycles. The van der Waals surface area contributed by atoms with Gasteiger partial charge in [-0.25, -0.2) is 19.6 Å². The molecule has 366 valence electrons. The molecule has 1 aromatic heterocycles. The van der Waals surface area contributed by atoms with Crippen molar-refractivity contribution in [3.8, 4) is 10.4 Å². The summed E-state index contributed by atoms with van der Waals surface area (Å²) in [5.74, 6) is -0.662. The molecular formula is C48H71N5O12S.